The summed E-state index contributed by atoms with van der Waals surface area (Å²) in [6, 6.07) is 0. The zero-order chi connectivity index (χ0) is 12.1. The summed E-state index contributed by atoms with van der Waals surface area (Å²) < 4.78 is 0. The van der Waals surface area contributed by atoms with Crippen LogP contribution in [0.5, 0.6) is 0 Å². The van der Waals surface area contributed by atoms with Crippen molar-refractivity contribution in [3.8, 4) is 0 Å². The van der Waals surface area contributed by atoms with E-state index in [2.05, 4.69) is 43.5 Å². The van der Waals surface area contributed by atoms with Gasteiger partial charge in [0.2, 0.25) is 0 Å². The maximum atomic E-state index is 3.36. The van der Waals surface area contributed by atoms with Gasteiger partial charge in [0, 0.05) is 5.25 Å². The Hall–Kier alpha value is -0.890. The topological polar surface area (TPSA) is 12.0 Å². The number of hydrogen-bond acceptors (Lipinski definition) is 2. The number of rotatable bonds is 4. The van der Waals surface area contributed by atoms with Gasteiger partial charge in [-0.2, -0.15) is 0 Å². The standard InChI is InChI=1S/C15H21NS/c1-3-6-13-8-9-14(11-12(13)2)17-15-7-4-5-10-16-15/h4-5,7-8,10-11,14-16H,3,6,9H2,1-2H3. The Morgan fingerprint density at radius 1 is 1.41 bits per heavy atom. The summed E-state index contributed by atoms with van der Waals surface area (Å²) in [5, 5.41) is 4.40. The zero-order valence-corrected chi connectivity index (χ0v) is 11.5. The second kappa shape index (κ2) is 6.15. The van der Waals surface area contributed by atoms with Gasteiger partial charge < -0.3 is 5.32 Å². The number of hydrogen-bond donors (Lipinski definition) is 1. The molecule has 1 nitrogen and oxygen atoms in total. The first kappa shape index (κ1) is 12.6. The highest BCUT2D eigenvalue weighted by Crippen LogP contribution is 2.31. The third-order valence-corrected chi connectivity index (χ3v) is 4.40. The molecule has 2 rings (SSSR count). The molecule has 0 aromatic rings. The number of allylic oxidation sites excluding steroid dienone is 5. The van der Waals surface area contributed by atoms with Crippen LogP contribution in [0, 0.1) is 0 Å². The maximum Gasteiger partial charge on any atom is 0.0914 e. The van der Waals surface area contributed by atoms with Gasteiger partial charge in [-0.3, -0.25) is 0 Å². The first-order chi connectivity index (χ1) is 8.29. The van der Waals surface area contributed by atoms with Crippen LogP contribution < -0.4 is 5.32 Å². The molecule has 1 heterocycles. The predicted octanol–water partition coefficient (Wildman–Crippen LogP) is 4.16. The Labute approximate surface area is 109 Å². The summed E-state index contributed by atoms with van der Waals surface area (Å²) in [5.74, 6) is 0. The molecule has 2 heteroatoms. The Bertz CT molecular complexity index is 376. The molecule has 0 saturated carbocycles. The first-order valence-electron chi connectivity index (χ1n) is 6.42. The van der Waals surface area contributed by atoms with Gasteiger partial charge >= 0.3 is 0 Å². The van der Waals surface area contributed by atoms with Gasteiger partial charge in [0.05, 0.1) is 5.37 Å². The van der Waals surface area contributed by atoms with Gasteiger partial charge in [0.1, 0.15) is 0 Å². The largest absolute Gasteiger partial charge is 0.376 e. The molecule has 0 aromatic carbocycles. The monoisotopic (exact) mass is 247 g/mol. The minimum absolute atomic E-state index is 0.426. The van der Waals surface area contributed by atoms with Crippen LogP contribution in [0.25, 0.3) is 0 Å². The molecule has 2 unspecified atom stereocenters. The van der Waals surface area contributed by atoms with Gasteiger partial charge in [0.15, 0.2) is 0 Å². The fourth-order valence-corrected chi connectivity index (χ4v) is 3.44. The lowest BCUT2D eigenvalue weighted by Crippen LogP contribution is -2.23. The van der Waals surface area contributed by atoms with Crippen LogP contribution in [0.15, 0.2) is 47.7 Å². The van der Waals surface area contributed by atoms with Crippen LogP contribution in [0.2, 0.25) is 0 Å². The summed E-state index contributed by atoms with van der Waals surface area (Å²) in [7, 11) is 0. The zero-order valence-electron chi connectivity index (χ0n) is 10.6. The van der Waals surface area contributed by atoms with Crippen molar-refractivity contribution < 1.29 is 0 Å². The van der Waals surface area contributed by atoms with Crippen LogP contribution in [-0.2, 0) is 0 Å². The van der Waals surface area contributed by atoms with E-state index in [0.29, 0.717) is 10.6 Å². The second-order valence-electron chi connectivity index (χ2n) is 4.57. The Kier molecular flexibility index (Phi) is 4.55. The Balaban J connectivity index is 1.89. The minimum atomic E-state index is 0.426. The summed E-state index contributed by atoms with van der Waals surface area (Å²) >= 11 is 2.00. The van der Waals surface area contributed by atoms with Crippen molar-refractivity contribution in [3.05, 3.63) is 47.7 Å². The molecule has 0 amide bonds. The normalized spacial score (nSPS) is 27.4. The summed E-state index contributed by atoms with van der Waals surface area (Å²) in [6.45, 7) is 4.50. The molecule has 92 valence electrons. The SMILES string of the molecule is CCCC1=CCC(SC2C=CC=CN2)C=C1C. The van der Waals surface area contributed by atoms with E-state index >= 15 is 0 Å². The summed E-state index contributed by atoms with van der Waals surface area (Å²) in [6.07, 6.45) is 16.9. The average Bonchev–Trinajstić information content (AvgIpc) is 2.34. The highest BCUT2D eigenvalue weighted by molar-refractivity contribution is 8.00. The Morgan fingerprint density at radius 3 is 2.94 bits per heavy atom. The van der Waals surface area contributed by atoms with Crippen LogP contribution in [-0.4, -0.2) is 10.6 Å². The third kappa shape index (κ3) is 3.53. The lowest BCUT2D eigenvalue weighted by atomic mass is 9.95. The Morgan fingerprint density at radius 2 is 2.29 bits per heavy atom. The van der Waals surface area contributed by atoms with Crippen molar-refractivity contribution in [1.29, 1.82) is 0 Å². The molecule has 1 aliphatic heterocycles. The van der Waals surface area contributed by atoms with E-state index in [1.165, 1.54) is 24.8 Å². The van der Waals surface area contributed by atoms with E-state index in [9.17, 15) is 0 Å². The van der Waals surface area contributed by atoms with Crippen molar-refractivity contribution in [2.75, 3.05) is 0 Å². The van der Waals surface area contributed by atoms with Crippen LogP contribution in [0.4, 0.5) is 0 Å². The van der Waals surface area contributed by atoms with Gasteiger partial charge in [0.25, 0.3) is 0 Å². The van der Waals surface area contributed by atoms with Gasteiger partial charge in [-0.15, -0.1) is 11.8 Å². The lowest BCUT2D eigenvalue weighted by molar-refractivity contribution is 0.867. The highest BCUT2D eigenvalue weighted by atomic mass is 32.2. The van der Waals surface area contributed by atoms with Gasteiger partial charge in [-0.05, 0) is 37.6 Å². The molecule has 0 saturated heterocycles. The molecule has 0 radical (unpaired) electrons. The van der Waals surface area contributed by atoms with E-state index in [0.717, 1.165) is 0 Å². The molecule has 0 spiro atoms. The van der Waals surface area contributed by atoms with Crippen molar-refractivity contribution in [2.45, 2.75) is 43.7 Å². The molecular formula is C15H21NS. The van der Waals surface area contributed by atoms with E-state index in [-0.39, 0.29) is 0 Å². The van der Waals surface area contributed by atoms with Crippen molar-refractivity contribution >= 4 is 11.8 Å². The smallest absolute Gasteiger partial charge is 0.0914 e. The molecule has 2 aliphatic rings. The number of dihydropyridines is 1. The minimum Gasteiger partial charge on any atom is -0.376 e. The molecule has 1 aliphatic carbocycles. The highest BCUT2D eigenvalue weighted by Gasteiger charge is 2.16. The third-order valence-electron chi connectivity index (χ3n) is 3.13. The number of thioether (sulfide) groups is 1. The van der Waals surface area contributed by atoms with E-state index < -0.39 is 0 Å². The van der Waals surface area contributed by atoms with E-state index in [1.807, 2.05) is 24.0 Å². The molecular weight excluding hydrogens is 226 g/mol. The van der Waals surface area contributed by atoms with Crippen molar-refractivity contribution in [3.63, 3.8) is 0 Å². The molecule has 1 N–H and O–H groups in total. The second-order valence-corrected chi connectivity index (χ2v) is 5.96. The molecule has 0 fully saturated rings. The lowest BCUT2D eigenvalue weighted by Gasteiger charge is -2.24. The summed E-state index contributed by atoms with van der Waals surface area (Å²) in [5.41, 5.74) is 3.03. The average molecular weight is 247 g/mol. The fourth-order valence-electron chi connectivity index (χ4n) is 2.24. The summed E-state index contributed by atoms with van der Waals surface area (Å²) in [4.78, 5) is 0. The molecule has 0 bridgehead atoms. The number of nitrogens with one attached hydrogen (secondary N) is 1. The van der Waals surface area contributed by atoms with E-state index in [4.69, 9.17) is 0 Å². The van der Waals surface area contributed by atoms with Crippen LogP contribution in [0.3, 0.4) is 0 Å². The predicted molar refractivity (Wildman–Crippen MR) is 77.9 cm³/mol. The van der Waals surface area contributed by atoms with Crippen LogP contribution >= 0.6 is 11.8 Å². The van der Waals surface area contributed by atoms with E-state index in [1.54, 1.807) is 5.57 Å². The van der Waals surface area contributed by atoms with Gasteiger partial charge in [-0.25, -0.2) is 0 Å². The van der Waals surface area contributed by atoms with Gasteiger partial charge in [-0.1, -0.05) is 43.2 Å². The van der Waals surface area contributed by atoms with Crippen LogP contribution in [0.1, 0.15) is 33.1 Å². The van der Waals surface area contributed by atoms with Crippen molar-refractivity contribution in [1.82, 2.24) is 5.32 Å². The molecule has 2 atom stereocenters. The van der Waals surface area contributed by atoms with Crippen molar-refractivity contribution in [2.24, 2.45) is 0 Å². The fraction of sp³-hybridized carbons (Fsp3) is 0.467. The first-order valence-corrected chi connectivity index (χ1v) is 7.36. The quantitative estimate of drug-likeness (QED) is 0.800. The molecule has 0 aromatic heterocycles. The maximum absolute atomic E-state index is 3.36. The molecule has 17 heavy (non-hydrogen) atoms.